The summed E-state index contributed by atoms with van der Waals surface area (Å²) in [7, 11) is 0. The van der Waals surface area contributed by atoms with Crippen molar-refractivity contribution >= 4 is 23.4 Å². The van der Waals surface area contributed by atoms with Gasteiger partial charge in [0, 0.05) is 45.3 Å². The van der Waals surface area contributed by atoms with Crippen LogP contribution in [0.3, 0.4) is 0 Å². The van der Waals surface area contributed by atoms with Crippen molar-refractivity contribution in [1.29, 1.82) is 0 Å². The molecule has 5 rings (SSSR count). The zero-order valence-corrected chi connectivity index (χ0v) is 25.5. The quantitative estimate of drug-likeness (QED) is 0.334. The van der Waals surface area contributed by atoms with Crippen LogP contribution in [0.5, 0.6) is 0 Å². The molecular formula is C36H44N4O3. The molecule has 7 nitrogen and oxygen atoms in total. The van der Waals surface area contributed by atoms with Crippen LogP contribution in [-0.4, -0.2) is 71.8 Å². The smallest absolute Gasteiger partial charge is 0.246 e. The summed E-state index contributed by atoms with van der Waals surface area (Å²) < 4.78 is 0. The molecule has 2 aliphatic heterocycles. The van der Waals surface area contributed by atoms with Crippen LogP contribution in [0.25, 0.3) is 11.1 Å². The van der Waals surface area contributed by atoms with Crippen LogP contribution < -0.4 is 10.2 Å². The molecule has 0 bridgehead atoms. The Bertz CT molecular complexity index is 1390. The molecule has 0 aliphatic carbocycles. The van der Waals surface area contributed by atoms with E-state index < -0.39 is 11.6 Å². The van der Waals surface area contributed by atoms with E-state index >= 15 is 0 Å². The molecule has 2 saturated heterocycles. The van der Waals surface area contributed by atoms with Crippen LogP contribution >= 0.6 is 0 Å². The molecule has 0 unspecified atom stereocenters. The van der Waals surface area contributed by atoms with Gasteiger partial charge in [0.2, 0.25) is 17.7 Å². The first-order valence-corrected chi connectivity index (χ1v) is 15.7. The van der Waals surface area contributed by atoms with Crippen LogP contribution in [0.4, 0.5) is 5.69 Å². The second kappa shape index (κ2) is 14.0. The lowest BCUT2D eigenvalue weighted by Gasteiger charge is -2.51. The monoisotopic (exact) mass is 580 g/mol. The average Bonchev–Trinajstić information content (AvgIpc) is 3.04. The lowest BCUT2D eigenvalue weighted by atomic mass is 9.81. The maximum Gasteiger partial charge on any atom is 0.246 e. The first-order valence-electron chi connectivity index (χ1n) is 15.7. The van der Waals surface area contributed by atoms with E-state index in [-0.39, 0.29) is 17.7 Å². The Labute approximate surface area is 255 Å². The normalized spacial score (nSPS) is 18.5. The summed E-state index contributed by atoms with van der Waals surface area (Å²) >= 11 is 0. The Morgan fingerprint density at radius 2 is 1.58 bits per heavy atom. The van der Waals surface area contributed by atoms with Crippen LogP contribution in [0, 0.1) is 0 Å². The minimum atomic E-state index is -0.768. The van der Waals surface area contributed by atoms with Crippen molar-refractivity contribution in [2.24, 2.45) is 0 Å². The van der Waals surface area contributed by atoms with E-state index in [0.717, 1.165) is 49.3 Å². The highest BCUT2D eigenvalue weighted by molar-refractivity contribution is 6.00. The van der Waals surface area contributed by atoms with E-state index in [0.29, 0.717) is 38.8 Å². The predicted octanol–water partition coefficient (Wildman–Crippen LogP) is 5.30. The molecule has 3 aromatic rings. The molecule has 43 heavy (non-hydrogen) atoms. The number of carbonyl (C=O) groups is 3. The maximum absolute atomic E-state index is 13.8. The first-order chi connectivity index (χ1) is 20.9. The Morgan fingerprint density at radius 1 is 0.907 bits per heavy atom. The van der Waals surface area contributed by atoms with E-state index in [1.54, 1.807) is 11.8 Å². The van der Waals surface area contributed by atoms with Gasteiger partial charge in [0.1, 0.15) is 11.6 Å². The van der Waals surface area contributed by atoms with E-state index in [9.17, 15) is 14.4 Å². The van der Waals surface area contributed by atoms with Gasteiger partial charge in [-0.2, -0.15) is 0 Å². The highest BCUT2D eigenvalue weighted by Crippen LogP contribution is 2.34. The highest BCUT2D eigenvalue weighted by Gasteiger charge is 2.53. The second-order valence-corrected chi connectivity index (χ2v) is 11.9. The fraction of sp³-hybridized carbons (Fsp3) is 0.417. The number of nitrogens with zero attached hydrogens (tertiary/aromatic N) is 3. The van der Waals surface area contributed by atoms with Gasteiger partial charge in [-0.05, 0) is 67.3 Å². The summed E-state index contributed by atoms with van der Waals surface area (Å²) in [6.07, 6.45) is 4.19. The van der Waals surface area contributed by atoms with Gasteiger partial charge in [-0.3, -0.25) is 14.4 Å². The number of hydrogen-bond acceptors (Lipinski definition) is 4. The van der Waals surface area contributed by atoms with Crippen molar-refractivity contribution in [3.8, 4) is 11.1 Å². The third-order valence-corrected chi connectivity index (χ3v) is 9.02. The Morgan fingerprint density at radius 3 is 2.26 bits per heavy atom. The van der Waals surface area contributed by atoms with E-state index in [1.165, 1.54) is 5.56 Å². The third-order valence-electron chi connectivity index (χ3n) is 9.02. The van der Waals surface area contributed by atoms with Crippen LogP contribution in [-0.2, 0) is 20.8 Å². The number of rotatable bonds is 11. The summed E-state index contributed by atoms with van der Waals surface area (Å²) in [6.45, 7) is 7.24. The molecule has 1 atom stereocenters. The number of nitrogens with one attached hydrogen (secondary N) is 1. The molecule has 2 fully saturated rings. The predicted molar refractivity (Wildman–Crippen MR) is 172 cm³/mol. The summed E-state index contributed by atoms with van der Waals surface area (Å²) in [4.78, 5) is 46.3. The first kappa shape index (κ1) is 30.5. The number of likely N-dealkylation sites (tertiary alicyclic amines) is 1. The molecule has 1 N–H and O–H groups in total. The standard InChI is InChI=1S/C36H44N4O3/c1-3-22-40-34(42)33(37-35(43)36(40)20-25-38(26-21-36)24-19-29-12-6-4-7-13-29)18-11-23-39(28(2)41)32-17-10-16-31(27-32)30-14-8-5-9-15-30/h4-10,12-17,27,33H,3,11,18-26H2,1-2H3,(H,37,43)/t33-/m0/s1. The molecule has 2 aliphatic rings. The molecule has 2 heterocycles. The van der Waals surface area contributed by atoms with E-state index in [4.69, 9.17) is 0 Å². The topological polar surface area (TPSA) is 73.0 Å². The summed E-state index contributed by atoms with van der Waals surface area (Å²) in [5.74, 6) is -0.0540. The van der Waals surface area contributed by atoms with Crippen molar-refractivity contribution in [3.05, 3.63) is 90.5 Å². The zero-order valence-electron chi connectivity index (χ0n) is 25.5. The Balaban J connectivity index is 1.20. The van der Waals surface area contributed by atoms with Gasteiger partial charge in [-0.15, -0.1) is 0 Å². The molecular weight excluding hydrogens is 536 g/mol. The number of carbonyl (C=O) groups excluding carboxylic acids is 3. The lowest BCUT2D eigenvalue weighted by Crippen LogP contribution is -2.72. The van der Waals surface area contributed by atoms with Crippen LogP contribution in [0.1, 0.15) is 51.5 Å². The number of amides is 3. The third kappa shape index (κ3) is 6.99. The van der Waals surface area contributed by atoms with E-state index in [2.05, 4.69) is 53.5 Å². The van der Waals surface area contributed by atoms with Crippen LogP contribution in [0.15, 0.2) is 84.9 Å². The maximum atomic E-state index is 13.8. The SMILES string of the molecule is CCCN1C(=O)[C@H](CCCN(C(C)=O)c2cccc(-c3ccccc3)c2)NC(=O)C12CCN(CCc1ccccc1)CC2. The molecule has 3 amide bonds. The Kier molecular flexibility index (Phi) is 9.93. The van der Waals surface area contributed by atoms with Crippen molar-refractivity contribution in [1.82, 2.24) is 15.1 Å². The molecule has 3 aromatic carbocycles. The van der Waals surface area contributed by atoms with Crippen molar-refractivity contribution < 1.29 is 14.4 Å². The van der Waals surface area contributed by atoms with Crippen molar-refractivity contribution in [2.75, 3.05) is 37.6 Å². The van der Waals surface area contributed by atoms with Crippen molar-refractivity contribution in [3.63, 3.8) is 0 Å². The molecule has 0 aromatic heterocycles. The number of piperazine rings is 1. The van der Waals surface area contributed by atoms with Crippen LogP contribution in [0.2, 0.25) is 0 Å². The summed E-state index contributed by atoms with van der Waals surface area (Å²) in [5, 5.41) is 3.11. The lowest BCUT2D eigenvalue weighted by molar-refractivity contribution is -0.161. The largest absolute Gasteiger partial charge is 0.342 e. The Hall–Kier alpha value is -3.97. The number of anilines is 1. The molecule has 7 heteroatoms. The van der Waals surface area contributed by atoms with E-state index in [1.807, 2.05) is 53.4 Å². The minimum Gasteiger partial charge on any atom is -0.342 e. The molecule has 226 valence electrons. The van der Waals surface area contributed by atoms with Gasteiger partial charge < -0.3 is 20.0 Å². The van der Waals surface area contributed by atoms with Gasteiger partial charge in [-0.25, -0.2) is 0 Å². The average molecular weight is 581 g/mol. The summed E-state index contributed by atoms with van der Waals surface area (Å²) in [6, 6.07) is 28.0. The highest BCUT2D eigenvalue weighted by atomic mass is 16.2. The van der Waals surface area contributed by atoms with Gasteiger partial charge in [0.15, 0.2) is 0 Å². The van der Waals surface area contributed by atoms with Gasteiger partial charge in [0.05, 0.1) is 0 Å². The molecule has 0 radical (unpaired) electrons. The van der Waals surface area contributed by atoms with Crippen molar-refractivity contribution in [2.45, 2.75) is 64.0 Å². The fourth-order valence-corrected chi connectivity index (χ4v) is 6.60. The van der Waals surface area contributed by atoms with Gasteiger partial charge in [-0.1, -0.05) is 79.7 Å². The summed E-state index contributed by atoms with van der Waals surface area (Å²) in [5.41, 5.74) is 3.52. The van der Waals surface area contributed by atoms with Gasteiger partial charge >= 0.3 is 0 Å². The minimum absolute atomic E-state index is 0.0136. The fourth-order valence-electron chi connectivity index (χ4n) is 6.60. The molecule has 1 spiro atoms. The second-order valence-electron chi connectivity index (χ2n) is 11.9. The van der Waals surface area contributed by atoms with Gasteiger partial charge in [0.25, 0.3) is 0 Å². The molecule has 0 saturated carbocycles. The number of piperidine rings is 1. The zero-order chi connectivity index (χ0) is 30.2. The number of benzene rings is 3. The number of hydrogen-bond donors (Lipinski definition) is 1.